The number of aliphatic hydroxyl groups excluding tert-OH is 1. The van der Waals surface area contributed by atoms with E-state index in [0.717, 1.165) is 39.9 Å². The zero-order chi connectivity index (χ0) is 56.9. The van der Waals surface area contributed by atoms with Crippen LogP contribution in [0.3, 0.4) is 0 Å². The summed E-state index contributed by atoms with van der Waals surface area (Å²) in [5, 5.41) is 38.3. The number of anilines is 1. The smallest absolute Gasteiger partial charge is 0.481 e. The fraction of sp³-hybridized carbons (Fsp3) is 0.442. The van der Waals surface area contributed by atoms with Crippen LogP contribution in [-0.4, -0.2) is 142 Å². The topological polar surface area (TPSA) is 450 Å². The minimum Gasteiger partial charge on any atom is -0.481 e. The highest BCUT2D eigenvalue weighted by Crippen LogP contribution is 2.66. The number of hydrogen-bond donors (Lipinski definition) is 12. The van der Waals surface area contributed by atoms with Crippen molar-refractivity contribution in [3.8, 4) is 23.0 Å². The number of aromatic nitrogens is 2. The number of unbranched alkanes of at least 4 members (excludes halogenated alkanes) is 2. The zero-order valence-corrected chi connectivity index (χ0v) is 45.0. The summed E-state index contributed by atoms with van der Waals surface area (Å²) in [4.78, 5) is 126. The number of nitrogens with one attached hydrogen (secondary N) is 4. The Morgan fingerprint density at radius 1 is 0.844 bits per heavy atom. The van der Waals surface area contributed by atoms with Crippen LogP contribution in [0.1, 0.15) is 68.1 Å². The first kappa shape index (κ1) is 63.9. The van der Waals surface area contributed by atoms with Crippen molar-refractivity contribution in [2.24, 2.45) is 0 Å². The van der Waals surface area contributed by atoms with E-state index in [0.29, 0.717) is 19.3 Å². The number of rotatable bonds is 32. The first-order chi connectivity index (χ1) is 36.2. The van der Waals surface area contributed by atoms with Crippen LogP contribution in [0.2, 0.25) is 0 Å². The lowest BCUT2D eigenvalue weighted by atomic mass is 9.98. The molecule has 77 heavy (non-hydrogen) atoms. The SMILES string of the molecule is CC(O)C(COP(=O)(O)OP(=O)(O)OP(=O)(O)O)OCn1cc(C#CCNC(=O)CCSSCC(NC(=O)OCC2c3ccccc3-c3ccccc32)C(=O)NCCCCCC(=O)NC(CC(=O)O)C(=O)O)c(N)nc1=O. The fourth-order valence-electron chi connectivity index (χ4n) is 6.88. The second kappa shape index (κ2) is 30.5. The number of aliphatic carboxylic acids is 2. The lowest BCUT2D eigenvalue weighted by molar-refractivity contribution is -0.147. The number of amides is 4. The van der Waals surface area contributed by atoms with Crippen molar-refractivity contribution in [1.29, 1.82) is 0 Å². The molecule has 4 rings (SSSR count). The lowest BCUT2D eigenvalue weighted by Gasteiger charge is -2.22. The van der Waals surface area contributed by atoms with E-state index < -0.39 is 109 Å². The molecule has 6 atom stereocenters. The minimum absolute atomic E-state index is 0.00296. The standard InChI is InChI=1S/C43H56N7O22P3S2/c1-26(51)35(23-70-74(64,65)72-75(66,67)71-73(61,62)63)69-25-50-21-27(39(44)49-42(50)59)10-9-18-45-36(52)16-19-76-77-24-34(40(56)46-17-8-2-3-15-37(53)47-33(41(57)58)20-38(54)55)48-43(60)68-22-32-30-13-6-4-11-28(30)29-12-5-7-14-31(29)32/h4-7,11-14,21,26,32-35,51H,2-3,8,15-20,22-25H2,1H3,(H,45,52)(H,46,56)(H,47,53)(H,48,60)(H,54,55)(H,57,58)(H,64,65)(H,66,67)(H2,44,49,59)(H2,61,62,63). The molecule has 0 saturated heterocycles. The molecule has 3 aromatic rings. The summed E-state index contributed by atoms with van der Waals surface area (Å²) < 4.78 is 58.2. The molecule has 422 valence electrons. The Kier molecular flexibility index (Phi) is 25.3. The number of ether oxygens (including phenoxy) is 2. The van der Waals surface area contributed by atoms with Gasteiger partial charge in [0, 0.05) is 43.0 Å². The third kappa shape index (κ3) is 22.7. The predicted molar refractivity (Wildman–Crippen MR) is 274 cm³/mol. The first-order valence-corrected chi connectivity index (χ1v) is 29.8. The van der Waals surface area contributed by atoms with Gasteiger partial charge in [-0.3, -0.25) is 28.3 Å². The number of nitrogen functional groups attached to an aromatic ring is 1. The molecule has 1 heterocycles. The number of hydrogen-bond acceptors (Lipinski definition) is 20. The summed E-state index contributed by atoms with van der Waals surface area (Å²) in [6.45, 7) is -0.615. The summed E-state index contributed by atoms with van der Waals surface area (Å²) in [5.74, 6) is 0.611. The Hall–Kier alpha value is -5.67. The van der Waals surface area contributed by atoms with Crippen LogP contribution >= 0.6 is 45.1 Å². The monoisotopic (exact) mass is 1180 g/mol. The predicted octanol–water partition coefficient (Wildman–Crippen LogP) is 1.76. The highest BCUT2D eigenvalue weighted by atomic mass is 33.1. The number of aliphatic hydroxyl groups is 1. The Morgan fingerprint density at radius 2 is 1.51 bits per heavy atom. The highest BCUT2D eigenvalue weighted by molar-refractivity contribution is 8.76. The quantitative estimate of drug-likeness (QED) is 0.0183. The van der Waals surface area contributed by atoms with Crippen molar-refractivity contribution in [3.05, 3.63) is 81.9 Å². The molecule has 0 saturated carbocycles. The van der Waals surface area contributed by atoms with E-state index in [2.05, 4.69) is 51.2 Å². The van der Waals surface area contributed by atoms with E-state index in [1.54, 1.807) is 0 Å². The van der Waals surface area contributed by atoms with E-state index in [4.69, 9.17) is 35.2 Å². The molecule has 13 N–H and O–H groups in total. The van der Waals surface area contributed by atoms with E-state index >= 15 is 0 Å². The normalized spacial score (nSPS) is 15.1. The molecule has 1 aliphatic rings. The molecule has 0 fully saturated rings. The molecule has 1 aromatic heterocycles. The highest BCUT2D eigenvalue weighted by Gasteiger charge is 2.41. The molecular weight excluding hydrogens is 1120 g/mol. The molecule has 0 spiro atoms. The molecule has 6 unspecified atom stereocenters. The summed E-state index contributed by atoms with van der Waals surface area (Å²) in [6, 6.07) is 12.9. The van der Waals surface area contributed by atoms with E-state index in [9.17, 15) is 62.2 Å². The Morgan fingerprint density at radius 3 is 2.13 bits per heavy atom. The van der Waals surface area contributed by atoms with Gasteiger partial charge in [-0.05, 0) is 42.0 Å². The molecule has 29 nitrogen and oxygen atoms in total. The molecule has 4 amide bonds. The number of phosphoric ester groups is 1. The second-order valence-corrected chi connectivity index (χ2v) is 23.4. The maximum Gasteiger partial charge on any atom is 0.490 e. The number of phosphoric acid groups is 3. The van der Waals surface area contributed by atoms with Crippen molar-refractivity contribution in [2.45, 2.75) is 82.4 Å². The third-order valence-electron chi connectivity index (χ3n) is 10.5. The maximum atomic E-state index is 13.4. The molecular formula is C43H56N7O22P3S2. The number of nitrogens with two attached hydrogens (primary N) is 1. The van der Waals surface area contributed by atoms with Crippen LogP contribution in [0.4, 0.5) is 10.6 Å². The Bertz CT molecular complexity index is 2820. The average Bonchev–Trinajstić information content (AvgIpc) is 3.65. The van der Waals surface area contributed by atoms with Crippen LogP contribution in [0.25, 0.3) is 11.1 Å². The van der Waals surface area contributed by atoms with Gasteiger partial charge in [0.05, 0.1) is 31.2 Å². The van der Waals surface area contributed by atoms with Crippen LogP contribution in [0.5, 0.6) is 0 Å². The van der Waals surface area contributed by atoms with Gasteiger partial charge in [-0.25, -0.2) is 28.1 Å². The Labute approximate surface area is 446 Å². The van der Waals surface area contributed by atoms with Crippen molar-refractivity contribution in [3.63, 3.8) is 0 Å². The van der Waals surface area contributed by atoms with Crippen LogP contribution in [0.15, 0.2) is 59.5 Å². The van der Waals surface area contributed by atoms with Crippen LogP contribution in [0, 0.1) is 11.8 Å². The number of fused-ring (bicyclic) bond motifs is 3. The zero-order valence-electron chi connectivity index (χ0n) is 40.7. The number of benzene rings is 2. The van der Waals surface area contributed by atoms with Gasteiger partial charge in [-0.1, -0.05) is 88.4 Å². The van der Waals surface area contributed by atoms with Crippen molar-refractivity contribution in [2.75, 3.05) is 43.5 Å². The summed E-state index contributed by atoms with van der Waals surface area (Å²) >= 11 is 0. The number of carbonyl (C=O) groups is 6. The number of carboxylic acids is 2. The number of alkyl carbamates (subject to hydrolysis) is 1. The molecule has 0 bridgehead atoms. The maximum absolute atomic E-state index is 13.4. The molecule has 0 aliphatic heterocycles. The minimum atomic E-state index is -5.82. The summed E-state index contributed by atoms with van der Waals surface area (Å²) in [7, 11) is -14.6. The summed E-state index contributed by atoms with van der Waals surface area (Å²) in [5.41, 5.74) is 8.91. The van der Waals surface area contributed by atoms with Gasteiger partial charge in [-0.15, -0.1) is 0 Å². The summed E-state index contributed by atoms with van der Waals surface area (Å²) in [6.07, 6.45) is -2.41. The van der Waals surface area contributed by atoms with Gasteiger partial charge in [0.15, 0.2) is 0 Å². The van der Waals surface area contributed by atoms with Crippen molar-refractivity contribution >= 4 is 86.6 Å². The van der Waals surface area contributed by atoms with E-state index in [1.807, 2.05) is 48.5 Å². The average molecular weight is 1180 g/mol. The van der Waals surface area contributed by atoms with Crippen LogP contribution < -0.4 is 32.7 Å². The largest absolute Gasteiger partial charge is 0.490 e. The number of nitrogens with zero attached hydrogens (tertiary/aromatic N) is 2. The molecule has 2 aromatic carbocycles. The third-order valence-corrected chi connectivity index (χ3v) is 16.7. The number of carboxylic acid groups (broad SMARTS) is 2. The number of carbonyl (C=O) groups excluding carboxylic acids is 4. The van der Waals surface area contributed by atoms with Crippen molar-refractivity contribution in [1.82, 2.24) is 30.8 Å². The Balaban J connectivity index is 1.25. The lowest BCUT2D eigenvalue weighted by Crippen LogP contribution is -2.48. The van der Waals surface area contributed by atoms with E-state index in [1.165, 1.54) is 21.6 Å². The van der Waals surface area contributed by atoms with Gasteiger partial charge in [0.2, 0.25) is 17.7 Å². The van der Waals surface area contributed by atoms with Gasteiger partial charge >= 0.3 is 47.2 Å². The first-order valence-electron chi connectivity index (χ1n) is 22.8. The van der Waals surface area contributed by atoms with Gasteiger partial charge in [0.1, 0.15) is 37.3 Å². The van der Waals surface area contributed by atoms with Gasteiger partial charge in [-0.2, -0.15) is 13.6 Å². The fourth-order valence-corrected chi connectivity index (χ4v) is 12.1. The second-order valence-electron chi connectivity index (χ2n) is 16.4. The van der Waals surface area contributed by atoms with Gasteiger partial charge < -0.3 is 71.4 Å². The van der Waals surface area contributed by atoms with Crippen LogP contribution in [-0.2, 0) is 67.0 Å². The van der Waals surface area contributed by atoms with Gasteiger partial charge in [0.25, 0.3) is 0 Å². The molecule has 1 aliphatic carbocycles. The molecule has 0 radical (unpaired) electrons. The molecule has 34 heteroatoms. The van der Waals surface area contributed by atoms with Crippen molar-refractivity contribution < 1.29 is 100.0 Å². The van der Waals surface area contributed by atoms with E-state index in [-0.39, 0.29) is 61.3 Å².